The Balaban J connectivity index is 2.04. The number of benzene rings is 1. The lowest BCUT2D eigenvalue weighted by Crippen LogP contribution is -2.39. The van der Waals surface area contributed by atoms with Crippen LogP contribution in [0.15, 0.2) is 30.3 Å². The first-order chi connectivity index (χ1) is 9.61. The van der Waals surface area contributed by atoms with Crippen molar-refractivity contribution in [3.8, 4) is 0 Å². The van der Waals surface area contributed by atoms with Crippen molar-refractivity contribution in [2.75, 3.05) is 19.7 Å². The first kappa shape index (κ1) is 14.5. The Morgan fingerprint density at radius 1 is 1.25 bits per heavy atom. The number of carbonyl (C=O) groups is 2. The van der Waals surface area contributed by atoms with E-state index in [9.17, 15) is 14.7 Å². The van der Waals surface area contributed by atoms with Gasteiger partial charge in [-0.25, -0.2) is 0 Å². The Kier molecular flexibility index (Phi) is 4.74. The van der Waals surface area contributed by atoms with Crippen LogP contribution in [-0.2, 0) is 20.9 Å². The molecule has 5 heteroatoms. The Labute approximate surface area is 118 Å². The van der Waals surface area contributed by atoms with Crippen LogP contribution in [0.25, 0.3) is 0 Å². The average Bonchev–Trinajstić information content (AvgIpc) is 2.84. The number of esters is 1. The standard InChI is InChI=1S/C15H19NO4/c1-2-20-15(19)13-10-16(9-12(13)14(17)18)8-11-6-4-3-5-7-11/h3-7,12-13H,2,8-10H2,1H3,(H,17,18)/p-1/t12-,13+/m1/s1. The molecule has 2 rings (SSSR count). The van der Waals surface area contributed by atoms with Gasteiger partial charge in [0.1, 0.15) is 0 Å². The van der Waals surface area contributed by atoms with Gasteiger partial charge in [-0.3, -0.25) is 9.69 Å². The summed E-state index contributed by atoms with van der Waals surface area (Å²) in [5, 5.41) is 11.2. The molecule has 0 amide bonds. The summed E-state index contributed by atoms with van der Waals surface area (Å²) in [6.07, 6.45) is 0. The van der Waals surface area contributed by atoms with Gasteiger partial charge in [-0.05, 0) is 12.5 Å². The molecule has 0 radical (unpaired) electrons. The van der Waals surface area contributed by atoms with Gasteiger partial charge in [0.2, 0.25) is 0 Å². The Bertz CT molecular complexity index is 474. The molecule has 2 atom stereocenters. The largest absolute Gasteiger partial charge is 0.550 e. The molecule has 1 aliphatic rings. The molecule has 1 aromatic rings. The number of carboxylic acids is 1. The predicted molar refractivity (Wildman–Crippen MR) is 70.3 cm³/mol. The summed E-state index contributed by atoms with van der Waals surface area (Å²) in [5.74, 6) is -3.06. The first-order valence-corrected chi connectivity index (χ1v) is 6.75. The SMILES string of the molecule is CCOC(=O)[C@H]1CN(Cc2ccccc2)C[C@H]1C(=O)[O-]. The molecule has 0 aromatic heterocycles. The monoisotopic (exact) mass is 276 g/mol. The zero-order valence-corrected chi connectivity index (χ0v) is 11.5. The van der Waals surface area contributed by atoms with Gasteiger partial charge in [-0.2, -0.15) is 0 Å². The highest BCUT2D eigenvalue weighted by Gasteiger charge is 2.39. The minimum absolute atomic E-state index is 0.258. The lowest BCUT2D eigenvalue weighted by atomic mass is 9.96. The van der Waals surface area contributed by atoms with Gasteiger partial charge < -0.3 is 14.6 Å². The third-order valence-electron chi connectivity index (χ3n) is 3.54. The second-order valence-corrected chi connectivity index (χ2v) is 4.96. The Morgan fingerprint density at radius 3 is 2.50 bits per heavy atom. The van der Waals surface area contributed by atoms with E-state index in [1.165, 1.54) is 0 Å². The highest BCUT2D eigenvalue weighted by molar-refractivity contribution is 5.81. The molecule has 1 aromatic carbocycles. The van der Waals surface area contributed by atoms with Crippen molar-refractivity contribution in [2.45, 2.75) is 13.5 Å². The van der Waals surface area contributed by atoms with Gasteiger partial charge in [0.15, 0.2) is 0 Å². The van der Waals surface area contributed by atoms with Gasteiger partial charge >= 0.3 is 5.97 Å². The van der Waals surface area contributed by atoms with Crippen LogP contribution in [-0.4, -0.2) is 36.5 Å². The molecule has 1 heterocycles. The number of hydrogen-bond acceptors (Lipinski definition) is 5. The van der Waals surface area contributed by atoms with Crippen LogP contribution in [0.3, 0.4) is 0 Å². The molecule has 1 saturated heterocycles. The molecular formula is C15H18NO4-. The van der Waals surface area contributed by atoms with E-state index in [0.29, 0.717) is 19.6 Å². The molecule has 5 nitrogen and oxygen atoms in total. The number of carboxylic acid groups (broad SMARTS) is 1. The number of rotatable bonds is 5. The first-order valence-electron chi connectivity index (χ1n) is 6.75. The van der Waals surface area contributed by atoms with E-state index in [0.717, 1.165) is 5.56 Å². The van der Waals surface area contributed by atoms with Crippen LogP contribution in [0.1, 0.15) is 12.5 Å². The van der Waals surface area contributed by atoms with Gasteiger partial charge in [-0.1, -0.05) is 30.3 Å². The van der Waals surface area contributed by atoms with Crippen molar-refractivity contribution in [3.63, 3.8) is 0 Å². The van der Waals surface area contributed by atoms with Crippen molar-refractivity contribution in [3.05, 3.63) is 35.9 Å². The summed E-state index contributed by atoms with van der Waals surface area (Å²) in [6.45, 7) is 3.31. The predicted octanol–water partition coefficient (Wildman–Crippen LogP) is 0.0476. The number of ether oxygens (including phenoxy) is 1. The molecule has 1 fully saturated rings. The average molecular weight is 276 g/mol. The van der Waals surface area contributed by atoms with Crippen LogP contribution in [0.5, 0.6) is 0 Å². The quantitative estimate of drug-likeness (QED) is 0.711. The van der Waals surface area contributed by atoms with Crippen LogP contribution < -0.4 is 5.11 Å². The number of aliphatic carboxylic acids is 1. The summed E-state index contributed by atoms with van der Waals surface area (Å²) >= 11 is 0. The minimum Gasteiger partial charge on any atom is -0.550 e. The Hall–Kier alpha value is -1.88. The van der Waals surface area contributed by atoms with E-state index >= 15 is 0 Å². The van der Waals surface area contributed by atoms with E-state index in [2.05, 4.69) is 0 Å². The normalized spacial score (nSPS) is 22.6. The van der Waals surface area contributed by atoms with E-state index < -0.39 is 23.8 Å². The van der Waals surface area contributed by atoms with Gasteiger partial charge in [0, 0.05) is 31.5 Å². The second-order valence-electron chi connectivity index (χ2n) is 4.96. The number of hydrogen-bond donors (Lipinski definition) is 0. The van der Waals surface area contributed by atoms with Crippen molar-refractivity contribution >= 4 is 11.9 Å². The molecule has 1 aliphatic heterocycles. The lowest BCUT2D eigenvalue weighted by Gasteiger charge is -2.17. The topological polar surface area (TPSA) is 69.7 Å². The molecule has 0 aliphatic carbocycles. The van der Waals surface area contributed by atoms with Crippen molar-refractivity contribution in [2.24, 2.45) is 11.8 Å². The zero-order chi connectivity index (χ0) is 14.5. The smallest absolute Gasteiger partial charge is 0.310 e. The highest BCUT2D eigenvalue weighted by Crippen LogP contribution is 2.25. The maximum Gasteiger partial charge on any atom is 0.310 e. The van der Waals surface area contributed by atoms with Crippen molar-refractivity contribution < 1.29 is 19.4 Å². The lowest BCUT2D eigenvalue weighted by molar-refractivity contribution is -0.312. The minimum atomic E-state index is -1.18. The fourth-order valence-electron chi connectivity index (χ4n) is 2.58. The summed E-state index contributed by atoms with van der Waals surface area (Å²) in [5.41, 5.74) is 1.09. The van der Waals surface area contributed by atoms with E-state index in [1.54, 1.807) is 6.92 Å². The Morgan fingerprint density at radius 2 is 1.90 bits per heavy atom. The molecule has 0 spiro atoms. The van der Waals surface area contributed by atoms with Gasteiger partial charge in [0.05, 0.1) is 12.5 Å². The fourth-order valence-corrected chi connectivity index (χ4v) is 2.58. The molecule has 108 valence electrons. The van der Waals surface area contributed by atoms with Crippen LogP contribution >= 0.6 is 0 Å². The third kappa shape index (κ3) is 3.36. The molecule has 0 bridgehead atoms. The van der Waals surface area contributed by atoms with Gasteiger partial charge in [0.25, 0.3) is 0 Å². The maximum atomic E-state index is 11.8. The zero-order valence-electron chi connectivity index (χ0n) is 11.5. The van der Waals surface area contributed by atoms with Crippen molar-refractivity contribution in [1.82, 2.24) is 4.90 Å². The number of likely N-dealkylation sites (tertiary alicyclic amines) is 1. The number of carbonyl (C=O) groups excluding carboxylic acids is 2. The van der Waals surface area contributed by atoms with Crippen LogP contribution in [0.4, 0.5) is 0 Å². The molecule has 20 heavy (non-hydrogen) atoms. The van der Waals surface area contributed by atoms with Crippen LogP contribution in [0.2, 0.25) is 0 Å². The molecule has 0 unspecified atom stereocenters. The third-order valence-corrected chi connectivity index (χ3v) is 3.54. The van der Waals surface area contributed by atoms with E-state index in [1.807, 2.05) is 35.2 Å². The molecule has 0 N–H and O–H groups in total. The second kappa shape index (κ2) is 6.52. The molecular weight excluding hydrogens is 258 g/mol. The summed E-state index contributed by atoms with van der Waals surface area (Å²) in [6, 6.07) is 9.76. The maximum absolute atomic E-state index is 11.8. The van der Waals surface area contributed by atoms with E-state index in [4.69, 9.17) is 4.74 Å². The van der Waals surface area contributed by atoms with Gasteiger partial charge in [-0.15, -0.1) is 0 Å². The summed E-state index contributed by atoms with van der Waals surface area (Å²) in [7, 11) is 0. The van der Waals surface area contributed by atoms with E-state index in [-0.39, 0.29) is 6.61 Å². The fraction of sp³-hybridized carbons (Fsp3) is 0.467. The summed E-state index contributed by atoms with van der Waals surface area (Å²) in [4.78, 5) is 24.9. The van der Waals surface area contributed by atoms with Crippen LogP contribution in [0, 0.1) is 11.8 Å². The van der Waals surface area contributed by atoms with Crippen molar-refractivity contribution in [1.29, 1.82) is 0 Å². The number of nitrogens with zero attached hydrogens (tertiary/aromatic N) is 1. The highest BCUT2D eigenvalue weighted by atomic mass is 16.5. The summed E-state index contributed by atoms with van der Waals surface area (Å²) < 4.78 is 4.95. The molecule has 0 saturated carbocycles.